The number of alkyl halides is 3. The molecule has 0 saturated carbocycles. The zero-order valence-corrected chi connectivity index (χ0v) is 14.5. The van der Waals surface area contributed by atoms with Crippen LogP contribution in [0, 0.1) is 0 Å². The van der Waals surface area contributed by atoms with Gasteiger partial charge in [0, 0.05) is 12.6 Å². The SMILES string of the molecule is O=C(NCc1ccccn1)c1cnn2c1N[C@H](c1ccco1)C[C@H]2C(F)(F)F. The number of carbonyl (C=O) groups excluding carboxylic acids is 1. The van der Waals surface area contributed by atoms with Gasteiger partial charge in [-0.25, -0.2) is 4.68 Å². The van der Waals surface area contributed by atoms with Gasteiger partial charge in [-0.15, -0.1) is 0 Å². The van der Waals surface area contributed by atoms with Crippen LogP contribution in [0.15, 0.2) is 53.4 Å². The number of furan rings is 1. The number of carbonyl (C=O) groups is 1. The molecule has 1 aliphatic rings. The third-order valence-electron chi connectivity index (χ3n) is 4.53. The molecule has 1 aliphatic heterocycles. The van der Waals surface area contributed by atoms with Crippen LogP contribution in [0.1, 0.15) is 40.3 Å². The maximum atomic E-state index is 13.6. The average Bonchev–Trinajstić information content (AvgIpc) is 3.35. The van der Waals surface area contributed by atoms with Crippen molar-refractivity contribution in [3.05, 3.63) is 66.0 Å². The third kappa shape index (κ3) is 3.45. The lowest BCUT2D eigenvalue weighted by molar-refractivity contribution is -0.174. The molecule has 2 N–H and O–H groups in total. The summed E-state index contributed by atoms with van der Waals surface area (Å²) in [5.74, 6) is -0.171. The van der Waals surface area contributed by atoms with Crippen molar-refractivity contribution in [1.29, 1.82) is 0 Å². The van der Waals surface area contributed by atoms with E-state index in [1.807, 2.05) is 0 Å². The highest BCUT2D eigenvalue weighted by atomic mass is 19.4. The van der Waals surface area contributed by atoms with Crippen LogP contribution in [0.25, 0.3) is 0 Å². The summed E-state index contributed by atoms with van der Waals surface area (Å²) in [5, 5.41) is 9.44. The lowest BCUT2D eigenvalue weighted by Gasteiger charge is -2.32. The van der Waals surface area contributed by atoms with Crippen molar-refractivity contribution in [2.45, 2.75) is 31.2 Å². The van der Waals surface area contributed by atoms with Gasteiger partial charge in [0.1, 0.15) is 17.1 Å². The Kier molecular flexibility index (Phi) is 4.54. The standard InChI is InChI=1S/C18H16F3N5O2/c19-18(20,21)15-8-13(14-5-3-7-28-14)25-16-12(10-24-26(15)16)17(27)23-9-11-4-1-2-6-22-11/h1-7,10,13,15,25H,8-9H2,(H,23,27)/t13-,15-/m0/s1. The number of anilines is 1. The molecule has 146 valence electrons. The predicted octanol–water partition coefficient (Wildman–Crippen LogP) is 3.46. The molecule has 0 spiro atoms. The van der Waals surface area contributed by atoms with Gasteiger partial charge in [-0.2, -0.15) is 18.3 Å². The highest BCUT2D eigenvalue weighted by Crippen LogP contribution is 2.44. The molecule has 0 saturated heterocycles. The molecule has 0 aliphatic carbocycles. The molecule has 3 aromatic heterocycles. The Morgan fingerprint density at radius 2 is 2.18 bits per heavy atom. The van der Waals surface area contributed by atoms with Crippen LogP contribution in [-0.4, -0.2) is 26.8 Å². The number of hydrogen-bond acceptors (Lipinski definition) is 5. The molecule has 0 radical (unpaired) electrons. The highest BCUT2D eigenvalue weighted by Gasteiger charge is 2.47. The summed E-state index contributed by atoms with van der Waals surface area (Å²) >= 11 is 0. The van der Waals surface area contributed by atoms with Crippen molar-refractivity contribution >= 4 is 11.7 Å². The smallest absolute Gasteiger partial charge is 0.410 e. The number of fused-ring (bicyclic) bond motifs is 1. The molecule has 4 rings (SSSR count). The Morgan fingerprint density at radius 1 is 1.32 bits per heavy atom. The van der Waals surface area contributed by atoms with Gasteiger partial charge in [-0.05, 0) is 24.3 Å². The Labute approximate surface area is 157 Å². The van der Waals surface area contributed by atoms with Gasteiger partial charge in [0.25, 0.3) is 5.91 Å². The molecule has 4 heterocycles. The van der Waals surface area contributed by atoms with Gasteiger partial charge in [0.05, 0.1) is 30.7 Å². The fourth-order valence-corrected chi connectivity index (χ4v) is 3.17. The van der Waals surface area contributed by atoms with E-state index in [-0.39, 0.29) is 24.3 Å². The summed E-state index contributed by atoms with van der Waals surface area (Å²) in [6.07, 6.45) is -0.686. The van der Waals surface area contributed by atoms with Crippen LogP contribution in [0.2, 0.25) is 0 Å². The predicted molar refractivity (Wildman–Crippen MR) is 92.4 cm³/mol. The second-order valence-corrected chi connectivity index (χ2v) is 6.36. The number of amides is 1. The van der Waals surface area contributed by atoms with Crippen LogP contribution >= 0.6 is 0 Å². The molecular weight excluding hydrogens is 375 g/mol. The summed E-state index contributed by atoms with van der Waals surface area (Å²) in [6, 6.07) is 5.86. The van der Waals surface area contributed by atoms with E-state index in [0.29, 0.717) is 11.5 Å². The molecule has 0 fully saturated rings. The van der Waals surface area contributed by atoms with Crippen LogP contribution in [0.5, 0.6) is 0 Å². The van der Waals surface area contributed by atoms with E-state index < -0.39 is 24.2 Å². The molecule has 0 unspecified atom stereocenters. The Morgan fingerprint density at radius 3 is 2.86 bits per heavy atom. The molecule has 3 aromatic rings. The van der Waals surface area contributed by atoms with Crippen LogP contribution in [0.3, 0.4) is 0 Å². The molecule has 28 heavy (non-hydrogen) atoms. The maximum Gasteiger partial charge on any atom is 0.410 e. The lowest BCUT2D eigenvalue weighted by atomic mass is 10.0. The average molecular weight is 391 g/mol. The van der Waals surface area contributed by atoms with E-state index in [0.717, 1.165) is 10.9 Å². The first kappa shape index (κ1) is 18.1. The molecule has 0 aromatic carbocycles. The van der Waals surface area contributed by atoms with Crippen molar-refractivity contribution < 1.29 is 22.4 Å². The van der Waals surface area contributed by atoms with E-state index in [2.05, 4.69) is 20.7 Å². The van der Waals surface area contributed by atoms with Gasteiger partial charge < -0.3 is 15.1 Å². The summed E-state index contributed by atoms with van der Waals surface area (Å²) in [6.45, 7) is 0.147. The monoisotopic (exact) mass is 391 g/mol. The van der Waals surface area contributed by atoms with Crippen molar-refractivity contribution in [2.75, 3.05) is 5.32 Å². The van der Waals surface area contributed by atoms with Crippen molar-refractivity contribution in [3.63, 3.8) is 0 Å². The van der Waals surface area contributed by atoms with E-state index in [4.69, 9.17) is 4.42 Å². The van der Waals surface area contributed by atoms with Gasteiger partial charge in [0.15, 0.2) is 6.04 Å². The number of aromatic nitrogens is 3. The van der Waals surface area contributed by atoms with E-state index in [1.54, 1.807) is 36.5 Å². The summed E-state index contributed by atoms with van der Waals surface area (Å²) in [5.41, 5.74) is 0.660. The number of hydrogen-bond donors (Lipinski definition) is 2. The Bertz CT molecular complexity index is 954. The molecule has 0 bridgehead atoms. The van der Waals surface area contributed by atoms with Gasteiger partial charge >= 0.3 is 6.18 Å². The quantitative estimate of drug-likeness (QED) is 0.712. The topological polar surface area (TPSA) is 85.0 Å². The number of pyridine rings is 1. The minimum atomic E-state index is -4.52. The number of rotatable bonds is 4. The molecule has 2 atom stereocenters. The van der Waals surface area contributed by atoms with Crippen molar-refractivity contribution in [1.82, 2.24) is 20.1 Å². The molecular formula is C18H16F3N5O2. The Balaban J connectivity index is 1.61. The summed E-state index contributed by atoms with van der Waals surface area (Å²) in [7, 11) is 0. The zero-order chi connectivity index (χ0) is 19.7. The van der Waals surface area contributed by atoms with E-state index in [9.17, 15) is 18.0 Å². The van der Waals surface area contributed by atoms with Crippen molar-refractivity contribution in [2.24, 2.45) is 0 Å². The number of halogens is 3. The normalized spacial score (nSPS) is 19.0. The van der Waals surface area contributed by atoms with Crippen LogP contribution in [0.4, 0.5) is 19.0 Å². The minimum absolute atomic E-state index is 0.00787. The van der Waals surface area contributed by atoms with Gasteiger partial charge in [-0.3, -0.25) is 9.78 Å². The summed E-state index contributed by atoms with van der Waals surface area (Å²) < 4.78 is 46.8. The fourth-order valence-electron chi connectivity index (χ4n) is 3.17. The first-order chi connectivity index (χ1) is 13.4. The zero-order valence-electron chi connectivity index (χ0n) is 14.5. The highest BCUT2D eigenvalue weighted by molar-refractivity contribution is 5.98. The third-order valence-corrected chi connectivity index (χ3v) is 4.53. The summed E-state index contributed by atoms with van der Waals surface area (Å²) in [4.78, 5) is 16.7. The minimum Gasteiger partial charge on any atom is -0.467 e. The second kappa shape index (κ2) is 7.02. The van der Waals surface area contributed by atoms with Gasteiger partial charge in [-0.1, -0.05) is 6.07 Å². The fraction of sp³-hybridized carbons (Fsp3) is 0.278. The lowest BCUT2D eigenvalue weighted by Crippen LogP contribution is -2.36. The first-order valence-electron chi connectivity index (χ1n) is 8.56. The number of nitrogens with zero attached hydrogens (tertiary/aromatic N) is 3. The van der Waals surface area contributed by atoms with E-state index in [1.165, 1.54) is 6.26 Å². The Hall–Kier alpha value is -3.30. The molecule has 10 heteroatoms. The first-order valence-corrected chi connectivity index (χ1v) is 8.56. The van der Waals surface area contributed by atoms with Crippen LogP contribution in [-0.2, 0) is 6.54 Å². The van der Waals surface area contributed by atoms with Gasteiger partial charge in [0.2, 0.25) is 0 Å². The van der Waals surface area contributed by atoms with Crippen molar-refractivity contribution in [3.8, 4) is 0 Å². The van der Waals surface area contributed by atoms with Crippen LogP contribution < -0.4 is 10.6 Å². The second-order valence-electron chi connectivity index (χ2n) is 6.36. The largest absolute Gasteiger partial charge is 0.467 e. The number of nitrogens with one attached hydrogen (secondary N) is 2. The maximum absolute atomic E-state index is 13.6. The molecule has 1 amide bonds. The molecule has 7 nitrogen and oxygen atoms in total. The van der Waals surface area contributed by atoms with E-state index >= 15 is 0 Å².